The van der Waals surface area contributed by atoms with Gasteiger partial charge in [-0.15, -0.1) is 0 Å². The minimum Gasteiger partial charge on any atom is -0.423 e. The summed E-state index contributed by atoms with van der Waals surface area (Å²) >= 11 is 0. The maximum absolute atomic E-state index is 9.24. The van der Waals surface area contributed by atoms with Crippen LogP contribution in [0.5, 0.6) is 0 Å². The first kappa shape index (κ1) is 12.4. The Kier molecular flexibility index (Phi) is 4.00. The summed E-state index contributed by atoms with van der Waals surface area (Å²) in [5, 5.41) is 18.5. The van der Waals surface area contributed by atoms with Gasteiger partial charge in [0.05, 0.1) is 0 Å². The zero-order chi connectivity index (χ0) is 12.3. The fraction of sp³-hybridized carbons (Fsp3) is 0.385. The Morgan fingerprint density at radius 3 is 2.65 bits per heavy atom. The standard InChI is InChI=1S/C13H18BNO2/c1-11-7-13(14(16)17)10-15(8-11)9-12-5-3-2-4-6-12/h2-7,11,16-17H,8-10H2,1H3. The molecule has 1 aliphatic rings. The average molecular weight is 231 g/mol. The molecule has 0 spiro atoms. The quantitative estimate of drug-likeness (QED) is 0.765. The number of benzene rings is 1. The van der Waals surface area contributed by atoms with Crippen LogP contribution in [0.4, 0.5) is 0 Å². The van der Waals surface area contributed by atoms with E-state index in [9.17, 15) is 10.0 Å². The van der Waals surface area contributed by atoms with E-state index in [0.29, 0.717) is 17.9 Å². The molecule has 2 rings (SSSR count). The van der Waals surface area contributed by atoms with Gasteiger partial charge < -0.3 is 10.0 Å². The summed E-state index contributed by atoms with van der Waals surface area (Å²) in [5.41, 5.74) is 1.97. The zero-order valence-electron chi connectivity index (χ0n) is 10.1. The van der Waals surface area contributed by atoms with Crippen LogP contribution < -0.4 is 0 Å². The largest absolute Gasteiger partial charge is 0.485 e. The van der Waals surface area contributed by atoms with Crippen LogP contribution in [0.25, 0.3) is 0 Å². The van der Waals surface area contributed by atoms with Crippen molar-refractivity contribution in [1.29, 1.82) is 0 Å². The van der Waals surface area contributed by atoms with Crippen LogP contribution in [0.2, 0.25) is 0 Å². The number of rotatable bonds is 3. The molecule has 0 saturated carbocycles. The second-order valence-corrected chi connectivity index (χ2v) is 4.75. The molecular weight excluding hydrogens is 213 g/mol. The van der Waals surface area contributed by atoms with Crippen molar-refractivity contribution in [3.63, 3.8) is 0 Å². The third kappa shape index (κ3) is 3.43. The van der Waals surface area contributed by atoms with Crippen LogP contribution in [-0.4, -0.2) is 35.2 Å². The van der Waals surface area contributed by atoms with Crippen molar-refractivity contribution >= 4 is 7.12 Å². The molecule has 0 aliphatic carbocycles. The lowest BCUT2D eigenvalue weighted by Gasteiger charge is -2.30. The van der Waals surface area contributed by atoms with Gasteiger partial charge in [-0.2, -0.15) is 0 Å². The normalized spacial score (nSPS) is 21.1. The molecule has 3 nitrogen and oxygen atoms in total. The van der Waals surface area contributed by atoms with Crippen LogP contribution in [-0.2, 0) is 6.54 Å². The van der Waals surface area contributed by atoms with E-state index in [0.717, 1.165) is 13.1 Å². The van der Waals surface area contributed by atoms with Crippen molar-refractivity contribution in [2.45, 2.75) is 13.5 Å². The molecule has 0 radical (unpaired) electrons. The Hall–Kier alpha value is -1.10. The first-order valence-electron chi connectivity index (χ1n) is 5.98. The highest BCUT2D eigenvalue weighted by atomic mass is 16.4. The summed E-state index contributed by atoms with van der Waals surface area (Å²) in [4.78, 5) is 2.24. The van der Waals surface area contributed by atoms with Gasteiger partial charge in [-0.1, -0.05) is 43.3 Å². The molecule has 4 heteroatoms. The van der Waals surface area contributed by atoms with Gasteiger partial charge >= 0.3 is 7.12 Å². The third-order valence-electron chi connectivity index (χ3n) is 3.03. The first-order valence-corrected chi connectivity index (χ1v) is 5.98. The van der Waals surface area contributed by atoms with E-state index >= 15 is 0 Å². The SMILES string of the molecule is CC1C=C(B(O)O)CN(Cc2ccccc2)C1. The molecule has 17 heavy (non-hydrogen) atoms. The summed E-state index contributed by atoms with van der Waals surface area (Å²) in [6.07, 6.45) is 1.96. The van der Waals surface area contributed by atoms with E-state index in [1.807, 2.05) is 24.3 Å². The van der Waals surface area contributed by atoms with E-state index in [4.69, 9.17) is 0 Å². The predicted molar refractivity (Wildman–Crippen MR) is 69.2 cm³/mol. The monoisotopic (exact) mass is 231 g/mol. The van der Waals surface area contributed by atoms with Crippen LogP contribution in [0.15, 0.2) is 41.9 Å². The van der Waals surface area contributed by atoms with Gasteiger partial charge in [0.15, 0.2) is 0 Å². The summed E-state index contributed by atoms with van der Waals surface area (Å²) in [6, 6.07) is 10.3. The lowest BCUT2D eigenvalue weighted by Crippen LogP contribution is -2.37. The number of hydrogen-bond acceptors (Lipinski definition) is 3. The molecule has 0 amide bonds. The van der Waals surface area contributed by atoms with Gasteiger partial charge in [-0.25, -0.2) is 0 Å². The van der Waals surface area contributed by atoms with Crippen LogP contribution in [0.1, 0.15) is 12.5 Å². The van der Waals surface area contributed by atoms with E-state index < -0.39 is 7.12 Å². The van der Waals surface area contributed by atoms with Gasteiger partial charge in [-0.3, -0.25) is 4.90 Å². The Morgan fingerprint density at radius 1 is 1.29 bits per heavy atom. The molecule has 1 atom stereocenters. The van der Waals surface area contributed by atoms with Gasteiger partial charge in [0.25, 0.3) is 0 Å². The Balaban J connectivity index is 2.02. The maximum Gasteiger partial charge on any atom is 0.485 e. The Morgan fingerprint density at radius 2 is 2.00 bits per heavy atom. The van der Waals surface area contributed by atoms with E-state index in [2.05, 4.69) is 24.0 Å². The molecule has 1 aromatic rings. The fourth-order valence-electron chi connectivity index (χ4n) is 2.33. The van der Waals surface area contributed by atoms with Crippen LogP contribution in [0.3, 0.4) is 0 Å². The zero-order valence-corrected chi connectivity index (χ0v) is 10.1. The molecule has 2 N–H and O–H groups in total. The fourth-order valence-corrected chi connectivity index (χ4v) is 2.33. The Bertz CT molecular complexity index is 392. The van der Waals surface area contributed by atoms with Crippen molar-refractivity contribution in [3.8, 4) is 0 Å². The van der Waals surface area contributed by atoms with Gasteiger partial charge in [0, 0.05) is 19.6 Å². The van der Waals surface area contributed by atoms with Crippen molar-refractivity contribution in [1.82, 2.24) is 4.90 Å². The second-order valence-electron chi connectivity index (χ2n) is 4.75. The molecule has 1 aliphatic heterocycles. The maximum atomic E-state index is 9.24. The van der Waals surface area contributed by atoms with Crippen molar-refractivity contribution in [2.75, 3.05) is 13.1 Å². The molecule has 1 heterocycles. The number of hydrogen-bond donors (Lipinski definition) is 2. The highest BCUT2D eigenvalue weighted by Gasteiger charge is 2.24. The van der Waals surface area contributed by atoms with E-state index in [-0.39, 0.29) is 0 Å². The summed E-state index contributed by atoms with van der Waals surface area (Å²) in [5.74, 6) is 0.365. The summed E-state index contributed by atoms with van der Waals surface area (Å²) in [6.45, 7) is 4.55. The lowest BCUT2D eigenvalue weighted by atomic mass is 9.75. The summed E-state index contributed by atoms with van der Waals surface area (Å²) < 4.78 is 0. The van der Waals surface area contributed by atoms with Crippen molar-refractivity contribution in [3.05, 3.63) is 47.4 Å². The third-order valence-corrected chi connectivity index (χ3v) is 3.03. The highest BCUT2D eigenvalue weighted by molar-refractivity contribution is 6.50. The minimum absolute atomic E-state index is 0.365. The molecule has 90 valence electrons. The van der Waals surface area contributed by atoms with Gasteiger partial charge in [0.1, 0.15) is 0 Å². The smallest absolute Gasteiger partial charge is 0.423 e. The first-order chi connectivity index (χ1) is 8.15. The van der Waals surface area contributed by atoms with Crippen LogP contribution >= 0.6 is 0 Å². The minimum atomic E-state index is -1.32. The molecular formula is C13H18BNO2. The van der Waals surface area contributed by atoms with Gasteiger partial charge in [-0.05, 0) is 17.0 Å². The molecule has 1 aromatic carbocycles. The molecule has 0 bridgehead atoms. The average Bonchev–Trinajstić information content (AvgIpc) is 2.29. The van der Waals surface area contributed by atoms with E-state index in [1.54, 1.807) is 0 Å². The number of nitrogens with zero attached hydrogens (tertiary/aromatic N) is 1. The molecule has 0 aromatic heterocycles. The molecule has 1 unspecified atom stereocenters. The van der Waals surface area contributed by atoms with Gasteiger partial charge in [0.2, 0.25) is 0 Å². The van der Waals surface area contributed by atoms with Crippen LogP contribution in [0, 0.1) is 5.92 Å². The molecule has 0 saturated heterocycles. The van der Waals surface area contributed by atoms with Crippen molar-refractivity contribution in [2.24, 2.45) is 5.92 Å². The Labute approximate surface area is 103 Å². The van der Waals surface area contributed by atoms with E-state index in [1.165, 1.54) is 5.56 Å². The second kappa shape index (κ2) is 5.49. The van der Waals surface area contributed by atoms with Crippen molar-refractivity contribution < 1.29 is 10.0 Å². The highest BCUT2D eigenvalue weighted by Crippen LogP contribution is 2.17. The topological polar surface area (TPSA) is 43.7 Å². The summed E-state index contributed by atoms with van der Waals surface area (Å²) in [7, 11) is -1.32. The lowest BCUT2D eigenvalue weighted by molar-refractivity contribution is 0.249. The molecule has 0 fully saturated rings. The predicted octanol–water partition coefficient (Wildman–Crippen LogP) is 1.08.